The number of ether oxygens (including phenoxy) is 1. The zero-order chi connectivity index (χ0) is 14.5. The molecule has 0 amide bonds. The SMILES string of the molecule is Oc1ccc2c(c1)CCC2NCCCOc1ccccc1. The van der Waals surface area contributed by atoms with E-state index >= 15 is 0 Å². The zero-order valence-corrected chi connectivity index (χ0v) is 12.1. The summed E-state index contributed by atoms with van der Waals surface area (Å²) in [7, 11) is 0. The third-order valence-corrected chi connectivity index (χ3v) is 3.93. The molecule has 0 radical (unpaired) electrons. The number of fused-ring (bicyclic) bond motifs is 1. The summed E-state index contributed by atoms with van der Waals surface area (Å²) in [5.41, 5.74) is 2.60. The molecule has 0 saturated heterocycles. The number of phenolic OH excluding ortho intramolecular Hbond substituents is 1. The minimum absolute atomic E-state index is 0.366. The van der Waals surface area contributed by atoms with Crippen LogP contribution in [0.5, 0.6) is 11.5 Å². The van der Waals surface area contributed by atoms with Crippen molar-refractivity contribution in [2.24, 2.45) is 0 Å². The average molecular weight is 283 g/mol. The van der Waals surface area contributed by atoms with Gasteiger partial charge in [0, 0.05) is 6.04 Å². The molecule has 3 rings (SSSR count). The van der Waals surface area contributed by atoms with Crippen molar-refractivity contribution in [1.29, 1.82) is 0 Å². The highest BCUT2D eigenvalue weighted by Crippen LogP contribution is 2.33. The minimum atomic E-state index is 0.366. The smallest absolute Gasteiger partial charge is 0.119 e. The fourth-order valence-corrected chi connectivity index (χ4v) is 2.87. The van der Waals surface area contributed by atoms with Gasteiger partial charge in [0.1, 0.15) is 11.5 Å². The van der Waals surface area contributed by atoms with E-state index in [1.807, 2.05) is 42.5 Å². The fourth-order valence-electron chi connectivity index (χ4n) is 2.87. The van der Waals surface area contributed by atoms with E-state index < -0.39 is 0 Å². The van der Waals surface area contributed by atoms with Gasteiger partial charge in [0.05, 0.1) is 6.61 Å². The molecule has 1 unspecified atom stereocenters. The van der Waals surface area contributed by atoms with E-state index in [2.05, 4.69) is 5.32 Å². The lowest BCUT2D eigenvalue weighted by Crippen LogP contribution is -2.21. The topological polar surface area (TPSA) is 41.5 Å². The molecule has 0 fully saturated rings. The summed E-state index contributed by atoms with van der Waals surface area (Å²) < 4.78 is 5.68. The molecule has 110 valence electrons. The molecule has 0 aromatic heterocycles. The van der Waals surface area contributed by atoms with Gasteiger partial charge in [-0.05, 0) is 61.2 Å². The second kappa shape index (κ2) is 6.64. The Balaban J connectivity index is 1.41. The zero-order valence-electron chi connectivity index (χ0n) is 12.1. The van der Waals surface area contributed by atoms with Crippen LogP contribution < -0.4 is 10.1 Å². The van der Waals surface area contributed by atoms with Crippen LogP contribution in [0, 0.1) is 0 Å². The molecule has 1 aliphatic rings. The molecule has 2 N–H and O–H groups in total. The molecule has 2 aromatic rings. The second-order valence-corrected chi connectivity index (χ2v) is 5.44. The van der Waals surface area contributed by atoms with Crippen LogP contribution >= 0.6 is 0 Å². The van der Waals surface area contributed by atoms with Gasteiger partial charge in [-0.2, -0.15) is 0 Å². The van der Waals surface area contributed by atoms with Crippen molar-refractivity contribution in [2.75, 3.05) is 13.2 Å². The molecule has 3 heteroatoms. The third kappa shape index (κ3) is 3.56. The van der Waals surface area contributed by atoms with E-state index in [9.17, 15) is 5.11 Å². The predicted octanol–water partition coefficient (Wildman–Crippen LogP) is 3.44. The Morgan fingerprint density at radius 3 is 2.86 bits per heavy atom. The van der Waals surface area contributed by atoms with Crippen LogP contribution in [-0.4, -0.2) is 18.3 Å². The van der Waals surface area contributed by atoms with Crippen LogP contribution in [0.1, 0.15) is 30.0 Å². The standard InChI is InChI=1S/C18H21NO2/c20-15-8-9-17-14(13-15)7-10-18(17)19-11-4-12-21-16-5-2-1-3-6-16/h1-3,5-6,8-9,13,18-20H,4,7,10-12H2. The number of hydrogen-bond donors (Lipinski definition) is 2. The number of aryl methyl sites for hydroxylation is 1. The predicted molar refractivity (Wildman–Crippen MR) is 83.7 cm³/mol. The summed E-state index contributed by atoms with van der Waals surface area (Å²) >= 11 is 0. The van der Waals surface area contributed by atoms with Crippen LogP contribution in [0.3, 0.4) is 0 Å². The van der Waals surface area contributed by atoms with Crippen LogP contribution in [0.25, 0.3) is 0 Å². The number of para-hydroxylation sites is 1. The molecule has 2 aromatic carbocycles. The van der Waals surface area contributed by atoms with Crippen molar-refractivity contribution in [3.63, 3.8) is 0 Å². The van der Waals surface area contributed by atoms with Gasteiger partial charge in [0.25, 0.3) is 0 Å². The van der Waals surface area contributed by atoms with Gasteiger partial charge in [-0.1, -0.05) is 24.3 Å². The van der Waals surface area contributed by atoms with E-state index in [4.69, 9.17) is 4.74 Å². The number of rotatable bonds is 6. The van der Waals surface area contributed by atoms with Crippen molar-refractivity contribution in [3.8, 4) is 11.5 Å². The first-order valence-electron chi connectivity index (χ1n) is 7.56. The largest absolute Gasteiger partial charge is 0.508 e. The Kier molecular flexibility index (Phi) is 4.41. The number of benzene rings is 2. The van der Waals surface area contributed by atoms with Gasteiger partial charge in [-0.3, -0.25) is 0 Å². The van der Waals surface area contributed by atoms with Gasteiger partial charge in [0.2, 0.25) is 0 Å². The van der Waals surface area contributed by atoms with Gasteiger partial charge >= 0.3 is 0 Å². The van der Waals surface area contributed by atoms with E-state index in [0.29, 0.717) is 11.8 Å². The summed E-state index contributed by atoms with van der Waals surface area (Å²) in [6, 6.07) is 16.0. The molecule has 1 aliphatic carbocycles. The van der Waals surface area contributed by atoms with Crippen molar-refractivity contribution < 1.29 is 9.84 Å². The van der Waals surface area contributed by atoms with Crippen LogP contribution in [0.15, 0.2) is 48.5 Å². The van der Waals surface area contributed by atoms with E-state index in [-0.39, 0.29) is 0 Å². The normalized spacial score (nSPS) is 16.7. The lowest BCUT2D eigenvalue weighted by atomic mass is 10.1. The first kappa shape index (κ1) is 14.0. The van der Waals surface area contributed by atoms with Crippen molar-refractivity contribution >= 4 is 0 Å². The van der Waals surface area contributed by atoms with Crippen molar-refractivity contribution in [3.05, 3.63) is 59.7 Å². The Labute approximate surface area is 125 Å². The minimum Gasteiger partial charge on any atom is -0.508 e. The summed E-state index contributed by atoms with van der Waals surface area (Å²) in [6.45, 7) is 1.67. The van der Waals surface area contributed by atoms with E-state index in [1.54, 1.807) is 6.07 Å². The number of nitrogens with one attached hydrogen (secondary N) is 1. The van der Waals surface area contributed by atoms with Crippen molar-refractivity contribution in [1.82, 2.24) is 5.32 Å². The molecular formula is C18H21NO2. The van der Waals surface area contributed by atoms with E-state index in [0.717, 1.165) is 38.2 Å². The Bertz CT molecular complexity index is 583. The van der Waals surface area contributed by atoms with Crippen LogP contribution in [0.4, 0.5) is 0 Å². The molecule has 1 atom stereocenters. The first-order chi connectivity index (χ1) is 10.3. The van der Waals surface area contributed by atoms with Crippen LogP contribution in [-0.2, 0) is 6.42 Å². The fraction of sp³-hybridized carbons (Fsp3) is 0.333. The second-order valence-electron chi connectivity index (χ2n) is 5.44. The molecule has 3 nitrogen and oxygen atoms in total. The number of hydrogen-bond acceptors (Lipinski definition) is 3. The van der Waals surface area contributed by atoms with Gasteiger partial charge in [0.15, 0.2) is 0 Å². The molecule has 0 spiro atoms. The maximum absolute atomic E-state index is 9.50. The highest BCUT2D eigenvalue weighted by molar-refractivity contribution is 5.40. The van der Waals surface area contributed by atoms with Gasteiger partial charge in [-0.25, -0.2) is 0 Å². The highest BCUT2D eigenvalue weighted by atomic mass is 16.5. The number of aromatic hydroxyl groups is 1. The maximum atomic E-state index is 9.50. The Hall–Kier alpha value is -2.00. The summed E-state index contributed by atoms with van der Waals surface area (Å²) in [5.74, 6) is 1.30. The van der Waals surface area contributed by atoms with Crippen LogP contribution in [0.2, 0.25) is 0 Å². The summed E-state index contributed by atoms with van der Waals surface area (Å²) in [4.78, 5) is 0. The summed E-state index contributed by atoms with van der Waals surface area (Å²) in [6.07, 6.45) is 3.14. The lowest BCUT2D eigenvalue weighted by Gasteiger charge is -2.14. The Morgan fingerprint density at radius 2 is 2.00 bits per heavy atom. The quantitative estimate of drug-likeness (QED) is 0.798. The first-order valence-corrected chi connectivity index (χ1v) is 7.56. The monoisotopic (exact) mass is 283 g/mol. The summed E-state index contributed by atoms with van der Waals surface area (Å²) in [5, 5.41) is 13.1. The Morgan fingerprint density at radius 1 is 1.14 bits per heavy atom. The van der Waals surface area contributed by atoms with Crippen molar-refractivity contribution in [2.45, 2.75) is 25.3 Å². The lowest BCUT2D eigenvalue weighted by molar-refractivity contribution is 0.304. The third-order valence-electron chi connectivity index (χ3n) is 3.93. The average Bonchev–Trinajstić information content (AvgIpc) is 2.90. The maximum Gasteiger partial charge on any atom is 0.119 e. The molecule has 0 bridgehead atoms. The molecule has 21 heavy (non-hydrogen) atoms. The van der Waals surface area contributed by atoms with Gasteiger partial charge in [-0.15, -0.1) is 0 Å². The highest BCUT2D eigenvalue weighted by Gasteiger charge is 2.21. The number of phenols is 1. The molecule has 0 aliphatic heterocycles. The van der Waals surface area contributed by atoms with Gasteiger partial charge < -0.3 is 15.2 Å². The molecule has 0 heterocycles. The van der Waals surface area contributed by atoms with E-state index in [1.165, 1.54) is 11.1 Å². The molecule has 0 saturated carbocycles. The molecular weight excluding hydrogens is 262 g/mol.